The molecule has 5 nitrogen and oxygen atoms in total. The highest BCUT2D eigenvalue weighted by Gasteiger charge is 2.25. The topological polar surface area (TPSA) is 63.7 Å². The number of hydrogen-bond donors (Lipinski definition) is 0. The molecule has 0 aliphatic rings. The zero-order valence-electron chi connectivity index (χ0n) is 19.5. The lowest BCUT2D eigenvalue weighted by molar-refractivity contribution is 0.0735. The largest absolute Gasteiger partial charge is 0.422 e. The summed E-state index contributed by atoms with van der Waals surface area (Å²) < 4.78 is 34.3. The van der Waals surface area contributed by atoms with E-state index >= 15 is 0 Å². The van der Waals surface area contributed by atoms with Gasteiger partial charge in [-0.05, 0) is 48.4 Å². The molecule has 0 aliphatic carbocycles. The minimum absolute atomic E-state index is 0.0447. The van der Waals surface area contributed by atoms with E-state index in [1.807, 2.05) is 67.6 Å². The van der Waals surface area contributed by atoms with Crippen LogP contribution < -0.4 is 9.04 Å². The third-order valence-corrected chi connectivity index (χ3v) is 7.41. The summed E-state index contributed by atoms with van der Waals surface area (Å²) in [7, 11) is -3.88. The molecule has 178 valence electrons. The summed E-state index contributed by atoms with van der Waals surface area (Å²) in [4.78, 5) is 13.1. The molecule has 0 aromatic heterocycles. The molecule has 4 aromatic carbocycles. The first-order valence-electron chi connectivity index (χ1n) is 11.5. The smallest absolute Gasteiger partial charge is 0.343 e. The highest BCUT2D eigenvalue weighted by atomic mass is 32.2. The molecule has 0 heterocycles. The van der Waals surface area contributed by atoms with Gasteiger partial charge in [-0.2, -0.15) is 0 Å². The van der Waals surface area contributed by atoms with Gasteiger partial charge in [-0.1, -0.05) is 86.1 Å². The van der Waals surface area contributed by atoms with Crippen molar-refractivity contribution < 1.29 is 17.9 Å². The Morgan fingerprint density at radius 1 is 0.800 bits per heavy atom. The quantitative estimate of drug-likeness (QED) is 0.199. The summed E-state index contributed by atoms with van der Waals surface area (Å²) in [6, 6.07) is 31.9. The number of nitrogens with zero attached hydrogens (tertiary/aromatic N) is 1. The molecule has 0 spiro atoms. The van der Waals surface area contributed by atoms with Gasteiger partial charge < -0.3 is 4.74 Å². The lowest BCUT2D eigenvalue weighted by Crippen LogP contribution is -2.32. The number of ether oxygens (including phenoxy) is 1. The molecule has 35 heavy (non-hydrogen) atoms. The Balaban J connectivity index is 1.63. The molecule has 4 rings (SSSR count). The minimum Gasteiger partial charge on any atom is -0.422 e. The number of esters is 1. The summed E-state index contributed by atoms with van der Waals surface area (Å²) in [5.41, 5.74) is 2.45. The number of carbonyl (C=O) groups excluding carboxylic acids is 1. The highest BCUT2D eigenvalue weighted by molar-refractivity contribution is 7.92. The fourth-order valence-electron chi connectivity index (χ4n) is 3.77. The lowest BCUT2D eigenvalue weighted by atomic mass is 10.0. The normalized spacial score (nSPS) is 11.1. The van der Waals surface area contributed by atoms with Crippen molar-refractivity contribution in [3.8, 4) is 16.9 Å². The average Bonchev–Trinajstić information content (AvgIpc) is 2.90. The van der Waals surface area contributed by atoms with Gasteiger partial charge in [-0.3, -0.25) is 4.31 Å². The van der Waals surface area contributed by atoms with E-state index < -0.39 is 16.0 Å². The Hall–Kier alpha value is -3.90. The number of rotatable bonds is 9. The number of unbranched alkanes of at least 4 members (excludes halogenated alkanes) is 1. The number of para-hydroxylation sites is 2. The molecule has 0 unspecified atom stereocenters. The maximum absolute atomic E-state index is 13.6. The Kier molecular flexibility index (Phi) is 7.63. The van der Waals surface area contributed by atoms with Gasteiger partial charge in [0.15, 0.2) is 0 Å². The van der Waals surface area contributed by atoms with Gasteiger partial charge in [0.05, 0.1) is 16.1 Å². The maximum Gasteiger partial charge on any atom is 0.343 e. The fraction of sp³-hybridized carbons (Fsp3) is 0.138. The van der Waals surface area contributed by atoms with E-state index in [4.69, 9.17) is 4.74 Å². The number of anilines is 1. The van der Waals surface area contributed by atoms with E-state index in [0.717, 1.165) is 17.5 Å². The zero-order valence-corrected chi connectivity index (χ0v) is 20.3. The van der Waals surface area contributed by atoms with Crippen molar-refractivity contribution >= 4 is 21.7 Å². The molecular weight excluding hydrogens is 458 g/mol. The van der Waals surface area contributed by atoms with Gasteiger partial charge >= 0.3 is 5.97 Å². The second-order valence-corrected chi connectivity index (χ2v) is 9.91. The Bertz CT molecular complexity index is 1390. The van der Waals surface area contributed by atoms with Crippen molar-refractivity contribution in [1.29, 1.82) is 0 Å². The van der Waals surface area contributed by atoms with Crippen molar-refractivity contribution in [2.24, 2.45) is 0 Å². The molecule has 0 atom stereocenters. The molecule has 0 bridgehead atoms. The van der Waals surface area contributed by atoms with E-state index in [9.17, 15) is 13.2 Å². The van der Waals surface area contributed by atoms with Gasteiger partial charge in [0.25, 0.3) is 10.0 Å². The Labute approximate surface area is 206 Å². The van der Waals surface area contributed by atoms with E-state index in [2.05, 4.69) is 0 Å². The molecule has 0 amide bonds. The third kappa shape index (κ3) is 5.61. The fourth-order valence-corrected chi connectivity index (χ4v) is 5.32. The summed E-state index contributed by atoms with van der Waals surface area (Å²) in [6.07, 6.45) is 1.57. The zero-order chi connectivity index (χ0) is 24.7. The van der Waals surface area contributed by atoms with Gasteiger partial charge in [-0.25, -0.2) is 13.2 Å². The van der Waals surface area contributed by atoms with Gasteiger partial charge in [0, 0.05) is 12.1 Å². The van der Waals surface area contributed by atoms with Gasteiger partial charge in [-0.15, -0.1) is 0 Å². The van der Waals surface area contributed by atoms with Crippen LogP contribution in [0.4, 0.5) is 5.69 Å². The van der Waals surface area contributed by atoms with Crippen LogP contribution in [0.3, 0.4) is 0 Å². The molecule has 6 heteroatoms. The first kappa shape index (κ1) is 24.2. The number of benzene rings is 4. The van der Waals surface area contributed by atoms with Crippen LogP contribution in [0, 0.1) is 0 Å². The number of sulfonamides is 1. The monoisotopic (exact) mass is 485 g/mol. The van der Waals surface area contributed by atoms with Crippen LogP contribution in [0.15, 0.2) is 114 Å². The van der Waals surface area contributed by atoms with Crippen molar-refractivity contribution in [3.63, 3.8) is 0 Å². The van der Waals surface area contributed by atoms with Crippen LogP contribution in [-0.2, 0) is 10.0 Å². The van der Waals surface area contributed by atoms with Gasteiger partial charge in [0.2, 0.25) is 0 Å². The SMILES string of the molecule is CCCCN(c1ccccc1)S(=O)(=O)c1cccc(C(=O)Oc2ccccc2-c2ccccc2)c1. The molecule has 0 saturated heterocycles. The predicted octanol–water partition coefficient (Wildman–Crippen LogP) is 6.57. The Morgan fingerprint density at radius 3 is 2.17 bits per heavy atom. The summed E-state index contributed by atoms with van der Waals surface area (Å²) >= 11 is 0. The van der Waals surface area contributed by atoms with E-state index in [1.165, 1.54) is 16.4 Å². The molecule has 0 aliphatic heterocycles. The van der Waals surface area contributed by atoms with Gasteiger partial charge in [0.1, 0.15) is 5.75 Å². The number of carbonyl (C=O) groups is 1. The predicted molar refractivity (Wildman–Crippen MR) is 139 cm³/mol. The molecule has 0 N–H and O–H groups in total. The second kappa shape index (κ2) is 11.0. The van der Waals surface area contributed by atoms with Crippen LogP contribution in [0.25, 0.3) is 11.1 Å². The third-order valence-electron chi connectivity index (χ3n) is 5.59. The summed E-state index contributed by atoms with van der Waals surface area (Å²) in [5, 5.41) is 0. The first-order chi connectivity index (χ1) is 17.0. The Morgan fingerprint density at radius 2 is 1.46 bits per heavy atom. The second-order valence-electron chi connectivity index (χ2n) is 8.05. The van der Waals surface area contributed by atoms with Crippen molar-refractivity contribution in [2.75, 3.05) is 10.8 Å². The van der Waals surface area contributed by atoms with E-state index in [0.29, 0.717) is 24.4 Å². The first-order valence-corrected chi connectivity index (χ1v) is 13.0. The number of hydrogen-bond acceptors (Lipinski definition) is 4. The van der Waals surface area contributed by atoms with Crippen molar-refractivity contribution in [3.05, 3.63) is 115 Å². The molecule has 0 fully saturated rings. The van der Waals surface area contributed by atoms with E-state index in [1.54, 1.807) is 36.4 Å². The standard InChI is InChI=1S/C29H27NO4S/c1-2-3-21-30(25-16-8-5-9-17-25)35(32,33)26-18-12-15-24(22-26)29(31)34-28-20-11-10-19-27(28)23-13-6-4-7-14-23/h4-20,22H,2-3,21H2,1H3. The van der Waals surface area contributed by atoms with Crippen molar-refractivity contribution in [1.82, 2.24) is 0 Å². The van der Waals surface area contributed by atoms with Crippen LogP contribution in [-0.4, -0.2) is 20.9 Å². The molecule has 4 aromatic rings. The van der Waals surface area contributed by atoms with Crippen LogP contribution >= 0.6 is 0 Å². The van der Waals surface area contributed by atoms with Crippen LogP contribution in [0.5, 0.6) is 5.75 Å². The average molecular weight is 486 g/mol. The minimum atomic E-state index is -3.88. The highest BCUT2D eigenvalue weighted by Crippen LogP contribution is 2.30. The van der Waals surface area contributed by atoms with E-state index in [-0.39, 0.29) is 10.5 Å². The lowest BCUT2D eigenvalue weighted by Gasteiger charge is -2.24. The maximum atomic E-state index is 13.6. The summed E-state index contributed by atoms with van der Waals surface area (Å²) in [5.74, 6) is -0.212. The van der Waals surface area contributed by atoms with Crippen LogP contribution in [0.1, 0.15) is 30.1 Å². The van der Waals surface area contributed by atoms with Crippen molar-refractivity contribution in [2.45, 2.75) is 24.7 Å². The van der Waals surface area contributed by atoms with Crippen LogP contribution in [0.2, 0.25) is 0 Å². The molecular formula is C29H27NO4S. The summed E-state index contributed by atoms with van der Waals surface area (Å²) in [6.45, 7) is 2.36. The molecule has 0 saturated carbocycles. The molecule has 0 radical (unpaired) electrons.